The van der Waals surface area contributed by atoms with Crippen LogP contribution in [0.5, 0.6) is 0 Å². The molecule has 0 saturated carbocycles. The lowest BCUT2D eigenvalue weighted by Crippen LogP contribution is -2.28. The topological polar surface area (TPSA) is 74.6 Å². The number of rotatable bonds is 8. The molecule has 0 bridgehead atoms. The summed E-state index contributed by atoms with van der Waals surface area (Å²) in [6.45, 7) is 2.34. The molecule has 0 N–H and O–H groups in total. The van der Waals surface area contributed by atoms with Gasteiger partial charge in [0, 0.05) is 12.7 Å². The van der Waals surface area contributed by atoms with Gasteiger partial charge in [-0.1, -0.05) is 6.92 Å². The first-order valence-electron chi connectivity index (χ1n) is 7.95. The number of aryl methyl sites for hydroxylation is 2. The lowest BCUT2D eigenvalue weighted by molar-refractivity contribution is -0.159. The van der Waals surface area contributed by atoms with Gasteiger partial charge < -0.3 is 14.0 Å². The van der Waals surface area contributed by atoms with E-state index in [1.807, 2.05) is 18.4 Å². The third-order valence-electron chi connectivity index (χ3n) is 4.03. The molecule has 0 amide bonds. The minimum absolute atomic E-state index is 0.0514. The predicted molar refractivity (Wildman–Crippen MR) is 93.7 cm³/mol. The number of hydrogen-bond acceptors (Lipinski definition) is 6. The lowest BCUT2D eigenvalue weighted by atomic mass is 10.1. The molecule has 2 heterocycles. The Bertz CT molecular complexity index is 745. The van der Waals surface area contributed by atoms with Gasteiger partial charge in [-0.3, -0.25) is 14.4 Å². The van der Waals surface area contributed by atoms with E-state index in [1.165, 1.54) is 25.6 Å². The molecule has 0 aliphatic heterocycles. The van der Waals surface area contributed by atoms with Crippen molar-refractivity contribution in [1.82, 2.24) is 4.57 Å². The Balaban J connectivity index is 2.17. The third kappa shape index (κ3) is 4.17. The zero-order valence-corrected chi connectivity index (χ0v) is 15.3. The zero-order chi connectivity index (χ0) is 18.4. The summed E-state index contributed by atoms with van der Waals surface area (Å²) in [6, 6.07) is 5.47. The van der Waals surface area contributed by atoms with Gasteiger partial charge in [0.1, 0.15) is 0 Å². The molecule has 0 aromatic carbocycles. The Morgan fingerprint density at radius 3 is 2.44 bits per heavy atom. The van der Waals surface area contributed by atoms with Crippen LogP contribution in [0.3, 0.4) is 0 Å². The van der Waals surface area contributed by atoms with Gasteiger partial charge in [-0.2, -0.15) is 0 Å². The summed E-state index contributed by atoms with van der Waals surface area (Å²) in [6.07, 6.45) is 2.75. The third-order valence-corrected chi connectivity index (χ3v) is 4.98. The summed E-state index contributed by atoms with van der Waals surface area (Å²) >= 11 is 1.42. The summed E-state index contributed by atoms with van der Waals surface area (Å²) in [7, 11) is 2.46. The summed E-state index contributed by atoms with van der Waals surface area (Å²) in [4.78, 5) is 37.0. The van der Waals surface area contributed by atoms with E-state index in [2.05, 4.69) is 9.47 Å². The summed E-state index contributed by atoms with van der Waals surface area (Å²) in [5, 5.41) is 1.91. The maximum atomic E-state index is 12.8. The van der Waals surface area contributed by atoms with Crippen molar-refractivity contribution in [1.29, 1.82) is 0 Å². The largest absolute Gasteiger partial charge is 0.468 e. The minimum atomic E-state index is -1.01. The van der Waals surface area contributed by atoms with E-state index in [0.717, 1.165) is 16.9 Å². The van der Waals surface area contributed by atoms with Crippen LogP contribution in [0.25, 0.3) is 0 Å². The number of aromatic nitrogens is 1. The van der Waals surface area contributed by atoms with Crippen LogP contribution in [0.2, 0.25) is 0 Å². The fourth-order valence-electron chi connectivity index (χ4n) is 2.63. The Kier molecular flexibility index (Phi) is 6.52. The van der Waals surface area contributed by atoms with Crippen LogP contribution in [-0.4, -0.2) is 36.5 Å². The molecule has 2 aromatic rings. The van der Waals surface area contributed by atoms with Crippen LogP contribution in [-0.2, 0) is 32.0 Å². The molecule has 0 aliphatic carbocycles. The van der Waals surface area contributed by atoms with E-state index in [1.54, 1.807) is 22.9 Å². The fourth-order valence-corrected chi connectivity index (χ4v) is 3.57. The van der Waals surface area contributed by atoms with Crippen LogP contribution in [0.15, 0.2) is 29.8 Å². The van der Waals surface area contributed by atoms with Gasteiger partial charge in [0.25, 0.3) is 0 Å². The molecule has 0 fully saturated rings. The molecule has 7 heteroatoms. The molecule has 0 radical (unpaired) electrons. The second kappa shape index (κ2) is 8.62. The van der Waals surface area contributed by atoms with Crippen LogP contribution in [0.4, 0.5) is 0 Å². The number of ether oxygens (including phenoxy) is 2. The maximum Gasteiger partial charge on any atom is 0.320 e. The van der Waals surface area contributed by atoms with Crippen molar-refractivity contribution in [3.05, 3.63) is 45.9 Å². The van der Waals surface area contributed by atoms with Crippen LogP contribution < -0.4 is 0 Å². The van der Waals surface area contributed by atoms with Crippen LogP contribution in [0.1, 0.15) is 34.3 Å². The number of thiophene rings is 1. The highest BCUT2D eigenvalue weighted by Crippen LogP contribution is 2.22. The summed E-state index contributed by atoms with van der Waals surface area (Å²) < 4.78 is 11.1. The quantitative estimate of drug-likeness (QED) is 0.409. The second-order valence-electron chi connectivity index (χ2n) is 5.43. The first kappa shape index (κ1) is 18.9. The van der Waals surface area contributed by atoms with Crippen LogP contribution in [0, 0.1) is 5.92 Å². The van der Waals surface area contributed by atoms with Gasteiger partial charge in [-0.15, -0.1) is 11.3 Å². The first-order chi connectivity index (χ1) is 12.0. The molecular weight excluding hydrogens is 342 g/mol. The van der Waals surface area contributed by atoms with E-state index in [4.69, 9.17) is 0 Å². The highest BCUT2D eigenvalue weighted by Gasteiger charge is 2.29. The van der Waals surface area contributed by atoms with Crippen molar-refractivity contribution in [3.8, 4) is 0 Å². The van der Waals surface area contributed by atoms with Gasteiger partial charge >= 0.3 is 11.9 Å². The molecule has 0 saturated heterocycles. The van der Waals surface area contributed by atoms with Gasteiger partial charge in [0.15, 0.2) is 5.92 Å². The summed E-state index contributed by atoms with van der Waals surface area (Å²) in [5.74, 6) is -2.34. The molecule has 134 valence electrons. The Morgan fingerprint density at radius 1 is 1.16 bits per heavy atom. The van der Waals surface area contributed by atoms with E-state index in [-0.39, 0.29) is 12.2 Å². The number of nitrogens with zero attached hydrogens (tertiary/aromatic N) is 1. The fraction of sp³-hybridized carbons (Fsp3) is 0.389. The Hall–Kier alpha value is -2.41. The Morgan fingerprint density at radius 2 is 1.84 bits per heavy atom. The normalized spacial score (nSPS) is 10.7. The SMILES string of the molecule is CCc1ccsc1C(=O)c1cccn1CCC(C(=O)OC)C(=O)OC. The number of esters is 2. The zero-order valence-electron chi connectivity index (χ0n) is 14.5. The number of methoxy groups -OCH3 is 2. The number of carbonyl (C=O) groups excluding carboxylic acids is 3. The van der Waals surface area contributed by atoms with Crippen molar-refractivity contribution < 1.29 is 23.9 Å². The molecule has 25 heavy (non-hydrogen) atoms. The van der Waals surface area contributed by atoms with Gasteiger partial charge in [-0.05, 0) is 42.0 Å². The van der Waals surface area contributed by atoms with Crippen molar-refractivity contribution in [3.63, 3.8) is 0 Å². The van der Waals surface area contributed by atoms with Crippen molar-refractivity contribution in [2.24, 2.45) is 5.92 Å². The maximum absolute atomic E-state index is 12.8. The van der Waals surface area contributed by atoms with Crippen molar-refractivity contribution >= 4 is 29.1 Å². The van der Waals surface area contributed by atoms with Crippen molar-refractivity contribution in [2.75, 3.05) is 14.2 Å². The van der Waals surface area contributed by atoms with E-state index in [9.17, 15) is 14.4 Å². The highest BCUT2D eigenvalue weighted by atomic mass is 32.1. The molecule has 0 spiro atoms. The second-order valence-corrected chi connectivity index (χ2v) is 6.35. The molecule has 0 unspecified atom stereocenters. The number of hydrogen-bond donors (Lipinski definition) is 0. The first-order valence-corrected chi connectivity index (χ1v) is 8.83. The average Bonchev–Trinajstić information content (AvgIpc) is 3.29. The molecule has 2 aromatic heterocycles. The lowest BCUT2D eigenvalue weighted by Gasteiger charge is -2.14. The van der Waals surface area contributed by atoms with Gasteiger partial charge in [0.2, 0.25) is 5.78 Å². The highest BCUT2D eigenvalue weighted by molar-refractivity contribution is 7.12. The smallest absolute Gasteiger partial charge is 0.320 e. The number of ketones is 1. The van der Waals surface area contributed by atoms with E-state index >= 15 is 0 Å². The van der Waals surface area contributed by atoms with E-state index in [0.29, 0.717) is 12.2 Å². The molecule has 0 aliphatic rings. The predicted octanol–water partition coefficient (Wildman–Crippen LogP) is 2.70. The van der Waals surface area contributed by atoms with Gasteiger partial charge in [0.05, 0.1) is 24.8 Å². The molecule has 0 atom stereocenters. The standard InChI is InChI=1S/C18H21NO5S/c1-4-12-8-11-25-16(12)15(20)14-6-5-9-19(14)10-7-13(17(21)23-2)18(22)24-3/h5-6,8-9,11,13H,4,7,10H2,1-3H3. The summed E-state index contributed by atoms with van der Waals surface area (Å²) in [5.41, 5.74) is 1.55. The average molecular weight is 363 g/mol. The monoisotopic (exact) mass is 363 g/mol. The van der Waals surface area contributed by atoms with Crippen LogP contribution >= 0.6 is 11.3 Å². The van der Waals surface area contributed by atoms with Crippen molar-refractivity contribution in [2.45, 2.75) is 26.3 Å². The molecule has 2 rings (SSSR count). The molecular formula is C18H21NO5S. The Labute approximate surface area is 150 Å². The minimum Gasteiger partial charge on any atom is -0.468 e. The van der Waals surface area contributed by atoms with Gasteiger partial charge in [-0.25, -0.2) is 0 Å². The molecule has 6 nitrogen and oxygen atoms in total. The number of carbonyl (C=O) groups is 3. The van der Waals surface area contributed by atoms with E-state index < -0.39 is 17.9 Å².